The quantitative estimate of drug-likeness (QED) is 0.451. The van der Waals surface area contributed by atoms with Crippen LogP contribution in [0.3, 0.4) is 0 Å². The largest absolute Gasteiger partial charge is 0.384 e. The lowest BCUT2D eigenvalue weighted by molar-refractivity contribution is -0.384. The van der Waals surface area contributed by atoms with Crippen LogP contribution in [0.1, 0.15) is 36.0 Å². The Bertz CT molecular complexity index is 588. The molecule has 23 heavy (non-hydrogen) atoms. The van der Waals surface area contributed by atoms with Crippen molar-refractivity contribution >= 4 is 28.9 Å². The van der Waals surface area contributed by atoms with Crippen LogP contribution in [0.4, 0.5) is 11.4 Å². The number of nitro groups is 1. The molecule has 1 fully saturated rings. The molecular weight excluding hydrogens is 320 g/mol. The van der Waals surface area contributed by atoms with Gasteiger partial charge in [-0.05, 0) is 45.0 Å². The Labute approximate surface area is 139 Å². The number of hydrogen-bond acceptors (Lipinski definition) is 5. The molecule has 0 spiro atoms. The Morgan fingerprint density at radius 1 is 1.35 bits per heavy atom. The number of primary amides is 1. The Hall–Kier alpha value is -1.86. The predicted molar refractivity (Wildman–Crippen MR) is 90.0 cm³/mol. The highest BCUT2D eigenvalue weighted by molar-refractivity contribution is 6.35. The SMILES string of the molecule is NC(=O)c1cc(NCCCN2CCCCC2)c(Cl)c([N+](=O)[O-])c1. The molecule has 0 saturated carbocycles. The topological polar surface area (TPSA) is 102 Å². The number of carbonyl (C=O) groups excluding carboxylic acids is 1. The molecule has 1 saturated heterocycles. The van der Waals surface area contributed by atoms with Gasteiger partial charge in [0, 0.05) is 18.2 Å². The number of nitrogens with two attached hydrogens (primary N) is 1. The monoisotopic (exact) mass is 340 g/mol. The highest BCUT2D eigenvalue weighted by atomic mass is 35.5. The van der Waals surface area contributed by atoms with Gasteiger partial charge in [-0.2, -0.15) is 0 Å². The zero-order valence-electron chi connectivity index (χ0n) is 12.9. The molecule has 0 bridgehead atoms. The molecule has 0 radical (unpaired) electrons. The summed E-state index contributed by atoms with van der Waals surface area (Å²) in [6.45, 7) is 3.85. The minimum Gasteiger partial charge on any atom is -0.384 e. The van der Waals surface area contributed by atoms with Crippen LogP contribution < -0.4 is 11.1 Å². The van der Waals surface area contributed by atoms with Crippen molar-refractivity contribution in [3.05, 3.63) is 32.8 Å². The number of rotatable bonds is 7. The van der Waals surface area contributed by atoms with Crippen LogP contribution in [0, 0.1) is 10.1 Å². The Morgan fingerprint density at radius 3 is 2.65 bits per heavy atom. The summed E-state index contributed by atoms with van der Waals surface area (Å²) in [5.41, 5.74) is 5.33. The first kappa shape index (κ1) is 17.5. The highest BCUT2D eigenvalue weighted by Gasteiger charge is 2.20. The van der Waals surface area contributed by atoms with Crippen molar-refractivity contribution in [3.63, 3.8) is 0 Å². The third-order valence-electron chi connectivity index (χ3n) is 3.95. The summed E-state index contributed by atoms with van der Waals surface area (Å²) in [5.74, 6) is -0.721. The average Bonchev–Trinajstić information content (AvgIpc) is 2.53. The van der Waals surface area contributed by atoms with E-state index in [1.807, 2.05) is 0 Å². The zero-order chi connectivity index (χ0) is 16.8. The van der Waals surface area contributed by atoms with Crippen molar-refractivity contribution in [2.24, 2.45) is 5.73 Å². The molecule has 0 atom stereocenters. The number of halogens is 1. The molecule has 1 amide bonds. The van der Waals surface area contributed by atoms with Gasteiger partial charge >= 0.3 is 0 Å². The van der Waals surface area contributed by atoms with E-state index in [2.05, 4.69) is 10.2 Å². The third kappa shape index (κ3) is 4.80. The van der Waals surface area contributed by atoms with E-state index < -0.39 is 10.8 Å². The maximum Gasteiger partial charge on any atom is 0.290 e. The number of hydrogen-bond donors (Lipinski definition) is 2. The van der Waals surface area contributed by atoms with E-state index in [1.54, 1.807) is 0 Å². The summed E-state index contributed by atoms with van der Waals surface area (Å²) in [6, 6.07) is 2.56. The maximum absolute atomic E-state index is 11.3. The molecule has 0 unspecified atom stereocenters. The number of amides is 1. The minimum absolute atomic E-state index is 0.00188. The first-order chi connectivity index (χ1) is 11.0. The van der Waals surface area contributed by atoms with E-state index in [0.29, 0.717) is 12.2 Å². The van der Waals surface area contributed by atoms with Crippen LogP contribution in [0.5, 0.6) is 0 Å². The van der Waals surface area contributed by atoms with Gasteiger partial charge in [-0.1, -0.05) is 18.0 Å². The highest BCUT2D eigenvalue weighted by Crippen LogP contribution is 2.33. The summed E-state index contributed by atoms with van der Waals surface area (Å²) >= 11 is 6.04. The molecular formula is C15H21ClN4O3. The van der Waals surface area contributed by atoms with E-state index in [-0.39, 0.29) is 16.3 Å². The number of anilines is 1. The summed E-state index contributed by atoms with van der Waals surface area (Å²) in [6.07, 6.45) is 4.68. The lowest BCUT2D eigenvalue weighted by atomic mass is 10.1. The molecule has 0 aromatic heterocycles. The van der Waals surface area contributed by atoms with E-state index >= 15 is 0 Å². The van der Waals surface area contributed by atoms with Gasteiger partial charge in [-0.15, -0.1) is 0 Å². The number of nitrogens with zero attached hydrogens (tertiary/aromatic N) is 2. The van der Waals surface area contributed by atoms with Crippen molar-refractivity contribution in [1.29, 1.82) is 0 Å². The average molecular weight is 341 g/mol. The van der Waals surface area contributed by atoms with Gasteiger partial charge in [0.05, 0.1) is 10.6 Å². The van der Waals surface area contributed by atoms with E-state index in [1.165, 1.54) is 25.3 Å². The van der Waals surface area contributed by atoms with Crippen LogP contribution in [-0.4, -0.2) is 41.9 Å². The molecule has 1 aliphatic heterocycles. The first-order valence-corrected chi connectivity index (χ1v) is 8.11. The number of nitro benzene ring substituents is 1. The Balaban J connectivity index is 1.97. The molecule has 7 nitrogen and oxygen atoms in total. The van der Waals surface area contributed by atoms with Gasteiger partial charge in [-0.25, -0.2) is 0 Å². The van der Waals surface area contributed by atoms with Crippen molar-refractivity contribution in [2.75, 3.05) is 31.5 Å². The smallest absolute Gasteiger partial charge is 0.290 e. The summed E-state index contributed by atoms with van der Waals surface area (Å²) in [7, 11) is 0. The second kappa shape index (κ2) is 8.12. The maximum atomic E-state index is 11.3. The van der Waals surface area contributed by atoms with Crippen molar-refractivity contribution in [1.82, 2.24) is 4.90 Å². The van der Waals surface area contributed by atoms with Gasteiger partial charge in [0.2, 0.25) is 5.91 Å². The number of nitrogens with one attached hydrogen (secondary N) is 1. The van der Waals surface area contributed by atoms with Crippen LogP contribution in [-0.2, 0) is 0 Å². The van der Waals surface area contributed by atoms with Crippen LogP contribution in [0.2, 0.25) is 5.02 Å². The molecule has 126 valence electrons. The molecule has 2 rings (SSSR count). The van der Waals surface area contributed by atoms with E-state index in [4.69, 9.17) is 17.3 Å². The van der Waals surface area contributed by atoms with E-state index in [9.17, 15) is 14.9 Å². The zero-order valence-corrected chi connectivity index (χ0v) is 13.6. The Morgan fingerprint density at radius 2 is 2.04 bits per heavy atom. The molecule has 8 heteroatoms. The molecule has 1 aromatic rings. The number of likely N-dealkylation sites (tertiary alicyclic amines) is 1. The van der Waals surface area contributed by atoms with Gasteiger partial charge < -0.3 is 16.0 Å². The van der Waals surface area contributed by atoms with Crippen molar-refractivity contribution < 1.29 is 9.72 Å². The second-order valence-corrected chi connectivity index (χ2v) is 6.04. The molecule has 1 aliphatic rings. The number of carbonyl (C=O) groups is 1. The minimum atomic E-state index is -0.721. The van der Waals surface area contributed by atoms with Crippen LogP contribution in [0.25, 0.3) is 0 Å². The van der Waals surface area contributed by atoms with Gasteiger partial charge in [-0.3, -0.25) is 14.9 Å². The van der Waals surface area contributed by atoms with Crippen molar-refractivity contribution in [2.45, 2.75) is 25.7 Å². The summed E-state index contributed by atoms with van der Waals surface area (Å²) in [4.78, 5) is 24.1. The lowest BCUT2D eigenvalue weighted by Crippen LogP contribution is -2.31. The number of benzene rings is 1. The fraction of sp³-hybridized carbons (Fsp3) is 0.533. The van der Waals surface area contributed by atoms with Gasteiger partial charge in [0.1, 0.15) is 5.02 Å². The second-order valence-electron chi connectivity index (χ2n) is 5.66. The molecule has 3 N–H and O–H groups in total. The van der Waals surface area contributed by atoms with Crippen LogP contribution >= 0.6 is 11.6 Å². The molecule has 1 heterocycles. The van der Waals surface area contributed by atoms with E-state index in [0.717, 1.165) is 32.1 Å². The van der Waals surface area contributed by atoms with Crippen LogP contribution in [0.15, 0.2) is 12.1 Å². The Kier molecular flexibility index (Phi) is 6.18. The third-order valence-corrected chi connectivity index (χ3v) is 4.35. The fourth-order valence-corrected chi connectivity index (χ4v) is 2.97. The normalized spacial score (nSPS) is 15.3. The predicted octanol–water partition coefficient (Wildman–Crippen LogP) is 2.64. The summed E-state index contributed by atoms with van der Waals surface area (Å²) in [5, 5.41) is 14.1. The van der Waals surface area contributed by atoms with Crippen molar-refractivity contribution in [3.8, 4) is 0 Å². The standard InChI is InChI=1S/C15H21ClN4O3/c16-14-12(9-11(15(17)21)10-13(14)20(22)23)18-5-4-8-19-6-2-1-3-7-19/h9-10,18H,1-8H2,(H2,17,21). The molecule has 1 aromatic carbocycles. The van der Waals surface area contributed by atoms with Gasteiger partial charge in [0.15, 0.2) is 0 Å². The lowest BCUT2D eigenvalue weighted by Gasteiger charge is -2.26. The summed E-state index contributed by atoms with van der Waals surface area (Å²) < 4.78 is 0. The van der Waals surface area contributed by atoms with Gasteiger partial charge in [0.25, 0.3) is 5.69 Å². The number of piperidine rings is 1. The fourth-order valence-electron chi connectivity index (χ4n) is 2.72. The first-order valence-electron chi connectivity index (χ1n) is 7.73. The molecule has 0 aliphatic carbocycles.